The van der Waals surface area contributed by atoms with Gasteiger partial charge in [-0.05, 0) is 19.4 Å². The lowest BCUT2D eigenvalue weighted by atomic mass is 9.91. The molecule has 1 spiro atoms. The summed E-state index contributed by atoms with van der Waals surface area (Å²) >= 11 is 0. The molecular formula is C9H17NO2. The molecule has 3 heteroatoms. The van der Waals surface area contributed by atoms with Crippen molar-refractivity contribution in [3.8, 4) is 0 Å². The van der Waals surface area contributed by atoms with Crippen LogP contribution in [-0.4, -0.2) is 38.5 Å². The fourth-order valence-corrected chi connectivity index (χ4v) is 2.20. The van der Waals surface area contributed by atoms with Crippen LogP contribution in [0, 0.1) is 0 Å². The van der Waals surface area contributed by atoms with E-state index in [-0.39, 0.29) is 5.60 Å². The number of ether oxygens (including phenoxy) is 2. The quantitative estimate of drug-likeness (QED) is 0.624. The molecule has 12 heavy (non-hydrogen) atoms. The van der Waals surface area contributed by atoms with Crippen LogP contribution >= 0.6 is 0 Å². The van der Waals surface area contributed by atoms with Gasteiger partial charge in [0.15, 0.2) is 0 Å². The summed E-state index contributed by atoms with van der Waals surface area (Å²) in [5, 5.41) is 3.35. The van der Waals surface area contributed by atoms with Crippen molar-refractivity contribution in [1.82, 2.24) is 5.32 Å². The lowest BCUT2D eigenvalue weighted by molar-refractivity contribution is -0.115. The van der Waals surface area contributed by atoms with E-state index in [1.807, 2.05) is 0 Å². The number of hydrogen-bond acceptors (Lipinski definition) is 3. The largest absolute Gasteiger partial charge is 0.381 e. The molecule has 0 unspecified atom stereocenters. The number of methoxy groups -OCH3 is 1. The molecule has 2 aliphatic heterocycles. The molecule has 3 nitrogen and oxygen atoms in total. The number of rotatable bonds is 1. The van der Waals surface area contributed by atoms with Crippen molar-refractivity contribution in [3.63, 3.8) is 0 Å². The molecule has 70 valence electrons. The van der Waals surface area contributed by atoms with Crippen LogP contribution in [0.3, 0.4) is 0 Å². The molecule has 2 heterocycles. The van der Waals surface area contributed by atoms with Gasteiger partial charge in [0.2, 0.25) is 0 Å². The maximum atomic E-state index is 5.82. The number of hydrogen-bond donors (Lipinski definition) is 1. The molecule has 2 atom stereocenters. The molecule has 0 aliphatic carbocycles. The van der Waals surface area contributed by atoms with E-state index < -0.39 is 0 Å². The average molecular weight is 171 g/mol. The molecule has 2 aliphatic rings. The van der Waals surface area contributed by atoms with E-state index in [4.69, 9.17) is 9.47 Å². The lowest BCUT2D eigenvalue weighted by Gasteiger charge is -2.36. The smallest absolute Gasteiger partial charge is 0.0843 e. The minimum absolute atomic E-state index is 0.110. The lowest BCUT2D eigenvalue weighted by Crippen LogP contribution is -2.44. The average Bonchev–Trinajstić information content (AvgIpc) is 2.53. The normalized spacial score (nSPS) is 42.2. The predicted molar refractivity (Wildman–Crippen MR) is 46.2 cm³/mol. The predicted octanol–water partition coefficient (Wildman–Crippen LogP) is 0.544. The molecule has 0 radical (unpaired) electrons. The highest BCUT2D eigenvalue weighted by molar-refractivity contribution is 4.94. The highest BCUT2D eigenvalue weighted by Gasteiger charge is 2.39. The molecular weight excluding hydrogens is 154 g/mol. The summed E-state index contributed by atoms with van der Waals surface area (Å²) < 4.78 is 11.2. The van der Waals surface area contributed by atoms with Crippen molar-refractivity contribution < 1.29 is 9.47 Å². The highest BCUT2D eigenvalue weighted by Crippen LogP contribution is 2.31. The Morgan fingerprint density at radius 3 is 3.17 bits per heavy atom. The molecule has 0 aromatic carbocycles. The first-order valence-corrected chi connectivity index (χ1v) is 4.72. The first-order chi connectivity index (χ1) is 5.85. The summed E-state index contributed by atoms with van der Waals surface area (Å²) in [6, 6.07) is 0. The minimum atomic E-state index is 0.110. The van der Waals surface area contributed by atoms with E-state index in [0.717, 1.165) is 39.0 Å². The van der Waals surface area contributed by atoms with Crippen molar-refractivity contribution in [2.45, 2.75) is 31.0 Å². The fourth-order valence-electron chi connectivity index (χ4n) is 2.20. The third-order valence-corrected chi connectivity index (χ3v) is 2.99. The Balaban J connectivity index is 1.97. The third kappa shape index (κ3) is 1.49. The van der Waals surface area contributed by atoms with E-state index in [1.54, 1.807) is 7.11 Å². The minimum Gasteiger partial charge on any atom is -0.381 e. The summed E-state index contributed by atoms with van der Waals surface area (Å²) in [6.07, 6.45) is 3.68. The van der Waals surface area contributed by atoms with Gasteiger partial charge in [0.05, 0.1) is 11.7 Å². The Morgan fingerprint density at radius 1 is 1.58 bits per heavy atom. The van der Waals surface area contributed by atoms with Gasteiger partial charge < -0.3 is 14.8 Å². The van der Waals surface area contributed by atoms with Crippen LogP contribution in [-0.2, 0) is 9.47 Å². The zero-order valence-electron chi connectivity index (χ0n) is 7.64. The monoisotopic (exact) mass is 171 g/mol. The molecule has 0 bridgehead atoms. The molecule has 0 aromatic rings. The van der Waals surface area contributed by atoms with Crippen LogP contribution < -0.4 is 5.32 Å². The molecule has 0 aromatic heterocycles. The molecule has 1 N–H and O–H groups in total. The Kier molecular flexibility index (Phi) is 2.35. The maximum Gasteiger partial charge on any atom is 0.0843 e. The molecule has 0 amide bonds. The van der Waals surface area contributed by atoms with Crippen molar-refractivity contribution in [2.75, 3.05) is 26.8 Å². The van der Waals surface area contributed by atoms with Crippen molar-refractivity contribution >= 4 is 0 Å². The molecule has 2 saturated heterocycles. The summed E-state index contributed by atoms with van der Waals surface area (Å²) in [5.41, 5.74) is 0.110. The van der Waals surface area contributed by atoms with Gasteiger partial charge in [0.25, 0.3) is 0 Å². The number of nitrogens with one attached hydrogen (secondary N) is 1. The van der Waals surface area contributed by atoms with Crippen LogP contribution in [0.2, 0.25) is 0 Å². The topological polar surface area (TPSA) is 30.5 Å². The third-order valence-electron chi connectivity index (χ3n) is 2.99. The Labute approximate surface area is 73.4 Å². The first-order valence-electron chi connectivity index (χ1n) is 4.72. The maximum absolute atomic E-state index is 5.82. The van der Waals surface area contributed by atoms with Gasteiger partial charge in [-0.1, -0.05) is 0 Å². The zero-order valence-corrected chi connectivity index (χ0v) is 7.64. The van der Waals surface area contributed by atoms with Crippen LogP contribution in [0.25, 0.3) is 0 Å². The second-order valence-corrected chi connectivity index (χ2v) is 3.81. The van der Waals surface area contributed by atoms with E-state index in [0.29, 0.717) is 6.10 Å². The van der Waals surface area contributed by atoms with Gasteiger partial charge in [0.1, 0.15) is 0 Å². The van der Waals surface area contributed by atoms with E-state index in [1.165, 1.54) is 0 Å². The van der Waals surface area contributed by atoms with Crippen molar-refractivity contribution in [2.24, 2.45) is 0 Å². The molecule has 2 rings (SSSR count). The molecule has 0 saturated carbocycles. The van der Waals surface area contributed by atoms with Gasteiger partial charge in [-0.25, -0.2) is 0 Å². The Bertz CT molecular complexity index is 155. The van der Waals surface area contributed by atoms with Gasteiger partial charge in [-0.15, -0.1) is 0 Å². The summed E-state index contributed by atoms with van der Waals surface area (Å²) in [5.74, 6) is 0. The van der Waals surface area contributed by atoms with Gasteiger partial charge in [-0.3, -0.25) is 0 Å². The van der Waals surface area contributed by atoms with Crippen LogP contribution in [0.15, 0.2) is 0 Å². The van der Waals surface area contributed by atoms with E-state index >= 15 is 0 Å². The van der Waals surface area contributed by atoms with Crippen LogP contribution in [0.4, 0.5) is 0 Å². The van der Waals surface area contributed by atoms with Crippen LogP contribution in [0.5, 0.6) is 0 Å². The van der Waals surface area contributed by atoms with E-state index in [9.17, 15) is 0 Å². The van der Waals surface area contributed by atoms with Crippen molar-refractivity contribution in [1.29, 1.82) is 0 Å². The highest BCUT2D eigenvalue weighted by atomic mass is 16.5. The second kappa shape index (κ2) is 3.32. The fraction of sp³-hybridized carbons (Fsp3) is 1.00. The standard InChI is InChI=1S/C9H17NO2/c1-11-8-2-5-12-9(6-8)3-4-10-7-9/h8,10H,2-7H2,1H3/t8-,9-/m0/s1. The summed E-state index contributed by atoms with van der Waals surface area (Å²) in [7, 11) is 1.80. The Morgan fingerprint density at radius 2 is 2.50 bits per heavy atom. The van der Waals surface area contributed by atoms with E-state index in [2.05, 4.69) is 5.32 Å². The summed E-state index contributed by atoms with van der Waals surface area (Å²) in [6.45, 7) is 2.96. The van der Waals surface area contributed by atoms with Gasteiger partial charge in [0, 0.05) is 26.7 Å². The Hall–Kier alpha value is -0.120. The molecule has 2 fully saturated rings. The SMILES string of the molecule is CO[C@H]1CCO[C@@]2(CCNC2)C1. The van der Waals surface area contributed by atoms with Crippen LogP contribution in [0.1, 0.15) is 19.3 Å². The zero-order chi connectivity index (χ0) is 8.44. The second-order valence-electron chi connectivity index (χ2n) is 3.81. The summed E-state index contributed by atoms with van der Waals surface area (Å²) in [4.78, 5) is 0. The van der Waals surface area contributed by atoms with Gasteiger partial charge in [-0.2, -0.15) is 0 Å². The first kappa shape index (κ1) is 8.48. The van der Waals surface area contributed by atoms with Crippen molar-refractivity contribution in [3.05, 3.63) is 0 Å². The van der Waals surface area contributed by atoms with Gasteiger partial charge >= 0.3 is 0 Å².